The summed E-state index contributed by atoms with van der Waals surface area (Å²) < 4.78 is 56.7. The lowest BCUT2D eigenvalue weighted by atomic mass is 9.87. The van der Waals surface area contributed by atoms with E-state index in [1.165, 1.54) is 24.3 Å². The molecule has 0 saturated carbocycles. The van der Waals surface area contributed by atoms with Gasteiger partial charge < -0.3 is 0 Å². The SMILES string of the molecule is O=S(=O)(C1=C(S(=O)(=O)c2ccccc2)C2C=CC1C2=C(c1ccccc1)c1ccccc1)c1ccccc1. The molecule has 0 spiro atoms. The Hall–Kier alpha value is -4.00. The van der Waals surface area contributed by atoms with Crippen molar-refractivity contribution in [1.29, 1.82) is 0 Å². The number of hydrogen-bond donors (Lipinski definition) is 0. The van der Waals surface area contributed by atoms with Gasteiger partial charge in [0.05, 0.1) is 19.6 Å². The van der Waals surface area contributed by atoms with Gasteiger partial charge in [0.2, 0.25) is 19.7 Å². The van der Waals surface area contributed by atoms with E-state index in [1.807, 2.05) is 72.8 Å². The summed E-state index contributed by atoms with van der Waals surface area (Å²) in [6, 6.07) is 35.6. The van der Waals surface area contributed by atoms with Gasteiger partial charge in [-0.3, -0.25) is 0 Å². The van der Waals surface area contributed by atoms with Gasteiger partial charge in [-0.15, -0.1) is 0 Å². The number of fused-ring (bicyclic) bond motifs is 2. The Morgan fingerprint density at radius 2 is 0.763 bits per heavy atom. The lowest BCUT2D eigenvalue weighted by Gasteiger charge is -2.18. The summed E-state index contributed by atoms with van der Waals surface area (Å²) in [5.41, 5.74) is 3.43. The van der Waals surface area contributed by atoms with Crippen LogP contribution in [0.1, 0.15) is 11.1 Å². The molecule has 38 heavy (non-hydrogen) atoms. The molecule has 2 unspecified atom stereocenters. The van der Waals surface area contributed by atoms with E-state index in [0.717, 1.165) is 22.3 Å². The summed E-state index contributed by atoms with van der Waals surface area (Å²) in [4.78, 5) is 0.0490. The smallest absolute Gasteiger partial charge is 0.204 e. The molecule has 2 bridgehead atoms. The van der Waals surface area contributed by atoms with Crippen molar-refractivity contribution in [2.24, 2.45) is 11.8 Å². The minimum Gasteiger partial charge on any atom is -0.219 e. The zero-order valence-corrected chi connectivity index (χ0v) is 21.9. The zero-order valence-electron chi connectivity index (χ0n) is 20.3. The van der Waals surface area contributed by atoms with Crippen molar-refractivity contribution in [3.63, 3.8) is 0 Å². The van der Waals surface area contributed by atoms with E-state index in [2.05, 4.69) is 0 Å². The lowest BCUT2D eigenvalue weighted by Crippen LogP contribution is -2.17. The van der Waals surface area contributed by atoms with Gasteiger partial charge in [0.25, 0.3) is 0 Å². The van der Waals surface area contributed by atoms with Crippen LogP contribution < -0.4 is 0 Å². The molecule has 0 fully saturated rings. The van der Waals surface area contributed by atoms with Gasteiger partial charge in [-0.1, -0.05) is 109 Å². The van der Waals surface area contributed by atoms with Gasteiger partial charge in [0, 0.05) is 11.8 Å². The van der Waals surface area contributed by atoms with Gasteiger partial charge in [-0.2, -0.15) is 0 Å². The molecule has 4 aromatic rings. The predicted octanol–water partition coefficient (Wildman–Crippen LogP) is 6.46. The van der Waals surface area contributed by atoms with Crippen LogP contribution in [0.4, 0.5) is 0 Å². The molecule has 0 radical (unpaired) electrons. The lowest BCUT2D eigenvalue weighted by molar-refractivity contribution is 0.594. The van der Waals surface area contributed by atoms with Gasteiger partial charge in [-0.05, 0) is 46.5 Å². The molecular weight excluding hydrogens is 512 g/mol. The number of hydrogen-bond acceptors (Lipinski definition) is 4. The first-order valence-corrected chi connectivity index (χ1v) is 15.2. The van der Waals surface area contributed by atoms with Crippen molar-refractivity contribution in [1.82, 2.24) is 0 Å². The third-order valence-electron chi connectivity index (χ3n) is 7.07. The summed E-state index contributed by atoms with van der Waals surface area (Å²) >= 11 is 0. The largest absolute Gasteiger partial charge is 0.219 e. The van der Waals surface area contributed by atoms with Crippen molar-refractivity contribution < 1.29 is 16.8 Å². The van der Waals surface area contributed by atoms with Crippen LogP contribution in [0.2, 0.25) is 0 Å². The van der Waals surface area contributed by atoms with E-state index < -0.39 is 31.5 Å². The van der Waals surface area contributed by atoms with Crippen molar-refractivity contribution >= 4 is 25.2 Å². The maximum atomic E-state index is 14.2. The fourth-order valence-electron chi connectivity index (χ4n) is 5.46. The highest BCUT2D eigenvalue weighted by Crippen LogP contribution is 2.56. The second-order valence-corrected chi connectivity index (χ2v) is 13.1. The van der Waals surface area contributed by atoms with E-state index in [0.29, 0.717) is 0 Å². The molecule has 0 aromatic heterocycles. The Kier molecular flexibility index (Phi) is 6.01. The average Bonchev–Trinajstić information content (AvgIpc) is 3.52. The summed E-state index contributed by atoms with van der Waals surface area (Å²) in [7, 11) is -8.25. The molecule has 4 nitrogen and oxygen atoms in total. The first-order valence-electron chi connectivity index (χ1n) is 12.3. The fraction of sp³-hybridized carbons (Fsp3) is 0.0625. The molecule has 0 saturated heterocycles. The molecule has 0 N–H and O–H groups in total. The molecule has 188 valence electrons. The molecule has 2 aliphatic rings. The predicted molar refractivity (Wildman–Crippen MR) is 149 cm³/mol. The van der Waals surface area contributed by atoms with E-state index in [-0.39, 0.29) is 19.6 Å². The van der Waals surface area contributed by atoms with Gasteiger partial charge in [0.15, 0.2) is 0 Å². The number of benzene rings is 4. The van der Waals surface area contributed by atoms with E-state index in [1.54, 1.807) is 36.4 Å². The molecule has 2 aliphatic carbocycles. The normalized spacial score (nSPS) is 18.7. The Morgan fingerprint density at radius 1 is 0.447 bits per heavy atom. The van der Waals surface area contributed by atoms with Gasteiger partial charge in [-0.25, -0.2) is 16.8 Å². The number of rotatable bonds is 6. The van der Waals surface area contributed by atoms with Crippen LogP contribution in [0.15, 0.2) is 159 Å². The first-order chi connectivity index (χ1) is 18.4. The fourth-order valence-corrected chi connectivity index (χ4v) is 9.52. The highest BCUT2D eigenvalue weighted by Gasteiger charge is 2.51. The maximum absolute atomic E-state index is 14.2. The summed E-state index contributed by atoms with van der Waals surface area (Å²) in [6.45, 7) is 0. The summed E-state index contributed by atoms with van der Waals surface area (Å²) in [6.07, 6.45) is 3.68. The topological polar surface area (TPSA) is 68.3 Å². The molecule has 4 aromatic carbocycles. The van der Waals surface area contributed by atoms with E-state index >= 15 is 0 Å². The van der Waals surface area contributed by atoms with Crippen LogP contribution in [0.3, 0.4) is 0 Å². The second-order valence-electron chi connectivity index (χ2n) is 9.26. The van der Waals surface area contributed by atoms with Crippen LogP contribution in [0.25, 0.3) is 5.57 Å². The Balaban J connectivity index is 1.68. The average molecular weight is 537 g/mol. The Morgan fingerprint density at radius 3 is 1.11 bits per heavy atom. The molecule has 0 heterocycles. The van der Waals surface area contributed by atoms with Crippen LogP contribution in [0, 0.1) is 11.8 Å². The van der Waals surface area contributed by atoms with Crippen LogP contribution in [-0.2, 0) is 19.7 Å². The van der Waals surface area contributed by atoms with Crippen molar-refractivity contribution in [3.8, 4) is 0 Å². The summed E-state index contributed by atoms with van der Waals surface area (Å²) in [5.74, 6) is -1.40. The molecule has 6 rings (SSSR count). The molecule has 2 atom stereocenters. The standard InChI is InChI=1S/C32H24O4S2/c33-37(34,25-17-9-3-10-18-25)31-27-21-22-28(32(31)38(35,36)26-19-11-4-12-20-26)30(27)29(23-13-5-1-6-14-23)24-15-7-2-8-16-24/h1-22,27-28H. The first kappa shape index (κ1) is 24.3. The summed E-state index contributed by atoms with van der Waals surface area (Å²) in [5, 5.41) is 0. The monoisotopic (exact) mass is 536 g/mol. The molecule has 0 aliphatic heterocycles. The number of sulfone groups is 2. The third-order valence-corrected chi connectivity index (χ3v) is 11.1. The highest BCUT2D eigenvalue weighted by atomic mass is 32.2. The Bertz CT molecular complexity index is 1670. The van der Waals surface area contributed by atoms with Crippen molar-refractivity contribution in [2.45, 2.75) is 9.79 Å². The quantitative estimate of drug-likeness (QED) is 0.265. The van der Waals surface area contributed by atoms with Crippen LogP contribution in [0.5, 0.6) is 0 Å². The van der Waals surface area contributed by atoms with E-state index in [9.17, 15) is 16.8 Å². The Labute approximate surface area is 223 Å². The second kappa shape index (κ2) is 9.39. The van der Waals surface area contributed by atoms with Crippen molar-refractivity contribution in [2.75, 3.05) is 0 Å². The van der Waals surface area contributed by atoms with Gasteiger partial charge >= 0.3 is 0 Å². The highest BCUT2D eigenvalue weighted by molar-refractivity contribution is 7.99. The van der Waals surface area contributed by atoms with E-state index in [4.69, 9.17) is 0 Å². The minimum atomic E-state index is -4.13. The van der Waals surface area contributed by atoms with Crippen LogP contribution in [-0.4, -0.2) is 16.8 Å². The molecule has 0 amide bonds. The number of allylic oxidation sites excluding steroid dienone is 5. The van der Waals surface area contributed by atoms with Crippen LogP contribution >= 0.6 is 0 Å². The minimum absolute atomic E-state index is 0.0561. The molecular formula is C32H24O4S2. The van der Waals surface area contributed by atoms with Crippen molar-refractivity contribution in [3.05, 3.63) is 160 Å². The maximum Gasteiger partial charge on any atom is 0.204 e. The third kappa shape index (κ3) is 3.88. The van der Waals surface area contributed by atoms with Gasteiger partial charge in [0.1, 0.15) is 0 Å². The zero-order chi connectivity index (χ0) is 26.3. The molecule has 6 heteroatoms.